The van der Waals surface area contributed by atoms with E-state index in [-0.39, 0.29) is 6.42 Å². The number of rotatable bonds is 5. The van der Waals surface area contributed by atoms with Crippen molar-refractivity contribution in [2.45, 2.75) is 31.6 Å². The minimum Gasteiger partial charge on any atom is -0.481 e. The van der Waals surface area contributed by atoms with Gasteiger partial charge >= 0.3 is 5.97 Å². The van der Waals surface area contributed by atoms with Gasteiger partial charge < -0.3 is 10.4 Å². The van der Waals surface area contributed by atoms with Crippen molar-refractivity contribution in [3.8, 4) is 0 Å². The minimum absolute atomic E-state index is 0.234. The summed E-state index contributed by atoms with van der Waals surface area (Å²) in [6, 6.07) is -0.584. The zero-order valence-electron chi connectivity index (χ0n) is 8.85. The second kappa shape index (κ2) is 5.11. The summed E-state index contributed by atoms with van der Waals surface area (Å²) in [4.78, 5) is 21.6. The van der Waals surface area contributed by atoms with Crippen LogP contribution in [0.15, 0.2) is 0 Å². The maximum absolute atomic E-state index is 11.3. The van der Waals surface area contributed by atoms with Crippen LogP contribution in [0.1, 0.15) is 20.3 Å². The number of carboxylic acids is 1. The van der Waals surface area contributed by atoms with E-state index in [1.165, 1.54) is 13.8 Å². The molecule has 0 aliphatic carbocycles. The fourth-order valence-corrected chi connectivity index (χ4v) is 1.32. The van der Waals surface area contributed by atoms with Gasteiger partial charge in [-0.25, -0.2) is 8.42 Å². The number of hydrogen-bond acceptors (Lipinski definition) is 4. The molecule has 2 N–H and O–H groups in total. The SMILES string of the molecule is CC(CC(=O)O)NC(=O)C(C)S(C)(=O)=O. The van der Waals surface area contributed by atoms with E-state index in [0.717, 1.165) is 6.26 Å². The minimum atomic E-state index is -3.44. The molecule has 15 heavy (non-hydrogen) atoms. The standard InChI is InChI=1S/C8H15NO5S/c1-5(4-7(10)11)9-8(12)6(2)15(3,13)14/h5-6H,4H2,1-3H3,(H,9,12)(H,10,11). The maximum atomic E-state index is 11.3. The van der Waals surface area contributed by atoms with Gasteiger partial charge in [0.15, 0.2) is 9.84 Å². The Hall–Kier alpha value is -1.11. The second-order valence-electron chi connectivity index (χ2n) is 3.48. The number of nitrogens with one attached hydrogen (secondary N) is 1. The summed E-state index contributed by atoms with van der Waals surface area (Å²) in [6.45, 7) is 2.76. The van der Waals surface area contributed by atoms with Crippen LogP contribution in [0.25, 0.3) is 0 Å². The van der Waals surface area contributed by atoms with Crippen LogP contribution in [0.4, 0.5) is 0 Å². The van der Waals surface area contributed by atoms with Crippen LogP contribution in [0.5, 0.6) is 0 Å². The Morgan fingerprint density at radius 3 is 2.13 bits per heavy atom. The molecule has 1 amide bonds. The molecule has 2 unspecified atom stereocenters. The number of carboxylic acid groups (broad SMARTS) is 1. The molecule has 0 fully saturated rings. The largest absolute Gasteiger partial charge is 0.481 e. The maximum Gasteiger partial charge on any atom is 0.305 e. The first kappa shape index (κ1) is 13.9. The lowest BCUT2D eigenvalue weighted by Gasteiger charge is -2.14. The van der Waals surface area contributed by atoms with Gasteiger partial charge in [-0.15, -0.1) is 0 Å². The Kier molecular flexibility index (Phi) is 4.73. The van der Waals surface area contributed by atoms with Gasteiger partial charge in [-0.05, 0) is 13.8 Å². The first-order valence-corrected chi connectivity index (χ1v) is 6.31. The molecule has 0 aromatic rings. The Bertz CT molecular complexity index is 348. The molecule has 0 aromatic carbocycles. The predicted octanol–water partition coefficient (Wildman–Crippen LogP) is -0.601. The lowest BCUT2D eigenvalue weighted by molar-refractivity contribution is -0.137. The number of aliphatic carboxylic acids is 1. The highest BCUT2D eigenvalue weighted by molar-refractivity contribution is 7.92. The van der Waals surface area contributed by atoms with Crippen LogP contribution in [-0.4, -0.2) is 42.9 Å². The molecule has 0 saturated carbocycles. The van der Waals surface area contributed by atoms with Gasteiger partial charge in [0.05, 0.1) is 6.42 Å². The second-order valence-corrected chi connectivity index (χ2v) is 5.85. The van der Waals surface area contributed by atoms with E-state index in [1.807, 2.05) is 0 Å². The average molecular weight is 237 g/mol. The highest BCUT2D eigenvalue weighted by Crippen LogP contribution is 1.99. The molecule has 0 saturated heterocycles. The molecule has 0 bridgehead atoms. The van der Waals surface area contributed by atoms with Gasteiger partial charge in [0.2, 0.25) is 5.91 Å². The Morgan fingerprint density at radius 1 is 1.33 bits per heavy atom. The molecule has 6 nitrogen and oxygen atoms in total. The van der Waals surface area contributed by atoms with Gasteiger partial charge in [0, 0.05) is 12.3 Å². The van der Waals surface area contributed by atoms with Crippen LogP contribution in [0.3, 0.4) is 0 Å². The monoisotopic (exact) mass is 237 g/mol. The van der Waals surface area contributed by atoms with Crippen molar-refractivity contribution >= 4 is 21.7 Å². The van der Waals surface area contributed by atoms with Crippen LogP contribution in [0.2, 0.25) is 0 Å². The molecule has 0 spiro atoms. The third kappa shape index (κ3) is 5.36. The highest BCUT2D eigenvalue weighted by atomic mass is 32.2. The van der Waals surface area contributed by atoms with Crippen LogP contribution >= 0.6 is 0 Å². The normalized spacial score (nSPS) is 15.4. The van der Waals surface area contributed by atoms with Gasteiger partial charge in [-0.3, -0.25) is 9.59 Å². The third-order valence-corrected chi connectivity index (χ3v) is 3.38. The molecular weight excluding hydrogens is 222 g/mol. The Morgan fingerprint density at radius 2 is 1.80 bits per heavy atom. The van der Waals surface area contributed by atoms with Crippen molar-refractivity contribution in [3.63, 3.8) is 0 Å². The molecule has 0 radical (unpaired) electrons. The fourth-order valence-electron chi connectivity index (χ4n) is 0.868. The highest BCUT2D eigenvalue weighted by Gasteiger charge is 2.24. The molecule has 0 aliphatic heterocycles. The van der Waals surface area contributed by atoms with E-state index >= 15 is 0 Å². The molecule has 0 aromatic heterocycles. The van der Waals surface area contributed by atoms with Gasteiger partial charge in [0.25, 0.3) is 0 Å². The molecule has 0 rings (SSSR count). The van der Waals surface area contributed by atoms with Crippen molar-refractivity contribution in [3.05, 3.63) is 0 Å². The van der Waals surface area contributed by atoms with Crippen molar-refractivity contribution in [2.24, 2.45) is 0 Å². The molecule has 88 valence electrons. The number of hydrogen-bond donors (Lipinski definition) is 2. The van der Waals surface area contributed by atoms with Gasteiger partial charge in [-0.1, -0.05) is 0 Å². The summed E-state index contributed by atoms with van der Waals surface area (Å²) in [5, 5.41) is 9.59. The molecule has 0 aliphatic rings. The molecule has 7 heteroatoms. The number of amides is 1. The number of carbonyl (C=O) groups excluding carboxylic acids is 1. The third-order valence-electron chi connectivity index (χ3n) is 1.88. The number of carbonyl (C=O) groups is 2. The summed E-state index contributed by atoms with van der Waals surface area (Å²) in [7, 11) is -3.44. The van der Waals surface area contributed by atoms with E-state index in [1.54, 1.807) is 0 Å². The summed E-state index contributed by atoms with van der Waals surface area (Å²) < 4.78 is 22.0. The lowest BCUT2D eigenvalue weighted by Crippen LogP contribution is -2.42. The Labute approximate surface area is 88.6 Å². The van der Waals surface area contributed by atoms with Crippen LogP contribution in [0, 0.1) is 0 Å². The van der Waals surface area contributed by atoms with E-state index < -0.39 is 33.0 Å². The van der Waals surface area contributed by atoms with Crippen LogP contribution in [-0.2, 0) is 19.4 Å². The van der Waals surface area contributed by atoms with E-state index in [0.29, 0.717) is 0 Å². The smallest absolute Gasteiger partial charge is 0.305 e. The zero-order chi connectivity index (χ0) is 12.2. The zero-order valence-corrected chi connectivity index (χ0v) is 9.67. The topological polar surface area (TPSA) is 101 Å². The van der Waals surface area contributed by atoms with Crippen molar-refractivity contribution in [1.29, 1.82) is 0 Å². The molecule has 0 heterocycles. The lowest BCUT2D eigenvalue weighted by atomic mass is 10.2. The number of sulfone groups is 1. The summed E-state index contributed by atoms with van der Waals surface area (Å²) >= 11 is 0. The molecule has 2 atom stereocenters. The first-order chi connectivity index (χ1) is 6.64. The van der Waals surface area contributed by atoms with Crippen molar-refractivity contribution < 1.29 is 23.1 Å². The average Bonchev–Trinajstić information content (AvgIpc) is 1.99. The summed E-state index contributed by atoms with van der Waals surface area (Å²) in [5.74, 6) is -1.72. The fraction of sp³-hybridized carbons (Fsp3) is 0.750. The predicted molar refractivity (Wildman–Crippen MR) is 54.2 cm³/mol. The first-order valence-electron chi connectivity index (χ1n) is 4.35. The van der Waals surface area contributed by atoms with Crippen molar-refractivity contribution in [2.75, 3.05) is 6.26 Å². The van der Waals surface area contributed by atoms with Gasteiger partial charge in [0.1, 0.15) is 5.25 Å². The van der Waals surface area contributed by atoms with E-state index in [2.05, 4.69) is 5.32 Å². The van der Waals surface area contributed by atoms with Crippen LogP contribution < -0.4 is 5.32 Å². The molecular formula is C8H15NO5S. The summed E-state index contributed by atoms with van der Waals surface area (Å²) in [5.41, 5.74) is 0. The van der Waals surface area contributed by atoms with E-state index in [9.17, 15) is 18.0 Å². The summed E-state index contributed by atoms with van der Waals surface area (Å²) in [6.07, 6.45) is 0.724. The quantitative estimate of drug-likeness (QED) is 0.665. The van der Waals surface area contributed by atoms with Gasteiger partial charge in [-0.2, -0.15) is 0 Å². The van der Waals surface area contributed by atoms with E-state index in [4.69, 9.17) is 5.11 Å². The Balaban J connectivity index is 4.32. The van der Waals surface area contributed by atoms with Crippen molar-refractivity contribution in [1.82, 2.24) is 5.32 Å².